The number of para-hydroxylation sites is 2. The van der Waals surface area contributed by atoms with E-state index in [4.69, 9.17) is 4.74 Å². The van der Waals surface area contributed by atoms with E-state index in [-0.39, 0.29) is 18.0 Å². The number of rotatable bonds is 6. The molecule has 1 N–H and O–H groups in total. The van der Waals surface area contributed by atoms with Crippen LogP contribution in [0.25, 0.3) is 0 Å². The Morgan fingerprint density at radius 2 is 1.79 bits per heavy atom. The summed E-state index contributed by atoms with van der Waals surface area (Å²) in [7, 11) is 1.72. The molecule has 5 nitrogen and oxygen atoms in total. The molecule has 3 rings (SSSR count). The summed E-state index contributed by atoms with van der Waals surface area (Å²) >= 11 is 1.76. The number of nitrogens with one attached hydrogen (secondary N) is 1. The minimum absolute atomic E-state index is 0.0400. The molecule has 1 aliphatic heterocycles. The summed E-state index contributed by atoms with van der Waals surface area (Å²) in [6, 6.07) is 12.7. The molecule has 1 amide bonds. The van der Waals surface area contributed by atoms with Crippen LogP contribution in [0.15, 0.2) is 41.8 Å². The van der Waals surface area contributed by atoms with Crippen LogP contribution in [0, 0.1) is 5.41 Å². The second-order valence-electron chi connectivity index (χ2n) is 8.67. The number of nitrogens with zero attached hydrogens (tertiary/aromatic N) is 2. The van der Waals surface area contributed by atoms with Crippen LogP contribution in [0.5, 0.6) is 5.75 Å². The zero-order chi connectivity index (χ0) is 21.0. The Balaban J connectivity index is 1.73. The van der Waals surface area contributed by atoms with Crippen LogP contribution < -0.4 is 15.0 Å². The average molecular weight is 416 g/mol. The Labute approximate surface area is 178 Å². The Hall–Kier alpha value is -2.05. The van der Waals surface area contributed by atoms with Gasteiger partial charge in [0.1, 0.15) is 5.75 Å². The molecule has 158 valence electrons. The summed E-state index contributed by atoms with van der Waals surface area (Å²) in [5.41, 5.74) is 0.757. The lowest BCUT2D eigenvalue weighted by molar-refractivity contribution is -0.129. The Bertz CT molecular complexity index is 793. The number of thiophene rings is 1. The highest BCUT2D eigenvalue weighted by atomic mass is 32.1. The molecule has 29 heavy (non-hydrogen) atoms. The number of piperazine rings is 1. The van der Waals surface area contributed by atoms with Crippen molar-refractivity contribution >= 4 is 22.9 Å². The molecule has 1 aliphatic rings. The first kappa shape index (κ1) is 21.7. The molecule has 0 saturated carbocycles. The first-order chi connectivity index (χ1) is 13.8. The number of ether oxygens (including phenoxy) is 1. The van der Waals surface area contributed by atoms with E-state index in [1.165, 1.54) is 4.88 Å². The molecule has 2 atom stereocenters. The maximum atomic E-state index is 12.6. The van der Waals surface area contributed by atoms with Crippen molar-refractivity contribution in [3.8, 4) is 5.75 Å². The topological polar surface area (TPSA) is 44.8 Å². The maximum Gasteiger partial charge on any atom is 0.225 e. The molecule has 1 aromatic heterocycles. The van der Waals surface area contributed by atoms with Gasteiger partial charge in [0, 0.05) is 42.5 Å². The predicted octanol–water partition coefficient (Wildman–Crippen LogP) is 4.17. The third kappa shape index (κ3) is 5.11. The molecular formula is C23H33N3O2S. The largest absolute Gasteiger partial charge is 0.495 e. The van der Waals surface area contributed by atoms with Crippen LogP contribution in [0.1, 0.15) is 38.6 Å². The van der Waals surface area contributed by atoms with Crippen molar-refractivity contribution in [3.63, 3.8) is 0 Å². The standard InChI is InChI=1S/C23H33N3O2S/c1-17(24-22(27)23(2,3)4)21(20-11-8-16-29-20)26-14-12-25(13-15-26)18-9-6-7-10-19(18)28-5/h6-11,16-17,21H,12-15H2,1-5H3,(H,24,27)/t17-,21-/m0/s1. The number of benzene rings is 1. The van der Waals surface area contributed by atoms with Crippen molar-refractivity contribution < 1.29 is 9.53 Å². The first-order valence-electron chi connectivity index (χ1n) is 10.3. The third-order valence-electron chi connectivity index (χ3n) is 5.48. The van der Waals surface area contributed by atoms with Crippen LogP contribution >= 0.6 is 11.3 Å². The quantitative estimate of drug-likeness (QED) is 0.769. The van der Waals surface area contributed by atoms with Gasteiger partial charge in [-0.3, -0.25) is 9.69 Å². The summed E-state index contributed by atoms with van der Waals surface area (Å²) in [4.78, 5) is 18.8. The first-order valence-corrected chi connectivity index (χ1v) is 11.2. The fraction of sp³-hybridized carbons (Fsp3) is 0.522. The van der Waals surface area contributed by atoms with E-state index in [1.807, 2.05) is 32.9 Å². The molecule has 1 aromatic carbocycles. The van der Waals surface area contributed by atoms with Gasteiger partial charge in [0.2, 0.25) is 5.91 Å². The molecule has 1 saturated heterocycles. The van der Waals surface area contributed by atoms with Crippen molar-refractivity contribution in [2.75, 3.05) is 38.2 Å². The van der Waals surface area contributed by atoms with E-state index >= 15 is 0 Å². The van der Waals surface area contributed by atoms with E-state index in [0.717, 1.165) is 37.6 Å². The van der Waals surface area contributed by atoms with Crippen molar-refractivity contribution in [2.24, 2.45) is 5.41 Å². The van der Waals surface area contributed by atoms with Gasteiger partial charge in [-0.15, -0.1) is 11.3 Å². The van der Waals surface area contributed by atoms with Crippen LogP contribution in [0.3, 0.4) is 0 Å². The Kier molecular flexibility index (Phi) is 6.85. The van der Waals surface area contributed by atoms with Gasteiger partial charge in [-0.25, -0.2) is 0 Å². The van der Waals surface area contributed by atoms with Crippen molar-refractivity contribution in [1.29, 1.82) is 0 Å². The summed E-state index contributed by atoms with van der Waals surface area (Å²) < 4.78 is 5.54. The highest BCUT2D eigenvalue weighted by Gasteiger charge is 2.33. The van der Waals surface area contributed by atoms with Crippen LogP contribution in [-0.2, 0) is 4.79 Å². The molecule has 0 bridgehead atoms. The maximum absolute atomic E-state index is 12.6. The molecule has 0 radical (unpaired) electrons. The van der Waals surface area contributed by atoms with Gasteiger partial charge in [-0.2, -0.15) is 0 Å². The SMILES string of the molecule is COc1ccccc1N1CCN([C@H](c2cccs2)[C@H](C)NC(=O)C(C)(C)C)CC1. The summed E-state index contributed by atoms with van der Waals surface area (Å²) in [5, 5.41) is 5.38. The lowest BCUT2D eigenvalue weighted by Gasteiger charge is -2.42. The molecule has 6 heteroatoms. The predicted molar refractivity (Wildman–Crippen MR) is 121 cm³/mol. The van der Waals surface area contributed by atoms with Gasteiger partial charge < -0.3 is 15.0 Å². The van der Waals surface area contributed by atoms with Gasteiger partial charge >= 0.3 is 0 Å². The van der Waals surface area contributed by atoms with Gasteiger partial charge in [0.25, 0.3) is 0 Å². The van der Waals surface area contributed by atoms with Crippen molar-refractivity contribution in [3.05, 3.63) is 46.7 Å². The fourth-order valence-electron chi connectivity index (χ4n) is 3.84. The lowest BCUT2D eigenvalue weighted by atomic mass is 9.94. The zero-order valence-corrected chi connectivity index (χ0v) is 19.0. The van der Waals surface area contributed by atoms with E-state index in [1.54, 1.807) is 18.4 Å². The minimum Gasteiger partial charge on any atom is -0.495 e. The lowest BCUT2D eigenvalue weighted by Crippen LogP contribution is -2.53. The van der Waals surface area contributed by atoms with Crippen LogP contribution in [-0.4, -0.2) is 50.1 Å². The Morgan fingerprint density at radius 3 is 2.38 bits per heavy atom. The molecular weight excluding hydrogens is 382 g/mol. The Morgan fingerprint density at radius 1 is 1.10 bits per heavy atom. The summed E-state index contributed by atoms with van der Waals surface area (Å²) in [5.74, 6) is 1.01. The highest BCUT2D eigenvalue weighted by molar-refractivity contribution is 7.10. The van der Waals surface area contributed by atoms with Gasteiger partial charge in [0.05, 0.1) is 18.8 Å². The smallest absolute Gasteiger partial charge is 0.225 e. The number of methoxy groups -OCH3 is 1. The second kappa shape index (κ2) is 9.18. The van der Waals surface area contributed by atoms with Crippen molar-refractivity contribution in [2.45, 2.75) is 39.8 Å². The molecule has 0 unspecified atom stereocenters. The molecule has 2 aromatic rings. The van der Waals surface area contributed by atoms with E-state index in [9.17, 15) is 4.79 Å². The number of anilines is 1. The number of amides is 1. The highest BCUT2D eigenvalue weighted by Crippen LogP contribution is 2.33. The normalized spacial score (nSPS) is 17.6. The van der Waals surface area contributed by atoms with E-state index in [0.29, 0.717) is 0 Å². The van der Waals surface area contributed by atoms with Crippen LogP contribution in [0.2, 0.25) is 0 Å². The molecule has 0 aliphatic carbocycles. The van der Waals surface area contributed by atoms with Gasteiger partial charge in [-0.05, 0) is 30.5 Å². The number of hydrogen-bond donors (Lipinski definition) is 1. The number of carbonyl (C=O) groups is 1. The van der Waals surface area contributed by atoms with E-state index < -0.39 is 5.41 Å². The number of carbonyl (C=O) groups excluding carboxylic acids is 1. The van der Waals surface area contributed by atoms with Gasteiger partial charge in [-0.1, -0.05) is 39.0 Å². The summed E-state index contributed by atoms with van der Waals surface area (Å²) in [6.45, 7) is 11.8. The molecule has 2 heterocycles. The molecule has 0 spiro atoms. The third-order valence-corrected chi connectivity index (χ3v) is 6.42. The number of hydrogen-bond acceptors (Lipinski definition) is 5. The van der Waals surface area contributed by atoms with Gasteiger partial charge in [0.15, 0.2) is 0 Å². The average Bonchev–Trinajstić information content (AvgIpc) is 3.22. The molecule has 1 fully saturated rings. The fourth-order valence-corrected chi connectivity index (χ4v) is 4.80. The van der Waals surface area contributed by atoms with Crippen LogP contribution in [0.4, 0.5) is 5.69 Å². The van der Waals surface area contributed by atoms with E-state index in [2.05, 4.69) is 51.7 Å². The summed E-state index contributed by atoms with van der Waals surface area (Å²) in [6.07, 6.45) is 0. The van der Waals surface area contributed by atoms with Crippen molar-refractivity contribution in [1.82, 2.24) is 10.2 Å². The second-order valence-corrected chi connectivity index (χ2v) is 9.65. The minimum atomic E-state index is -0.392. The monoisotopic (exact) mass is 415 g/mol. The zero-order valence-electron chi connectivity index (χ0n) is 18.1.